The summed E-state index contributed by atoms with van der Waals surface area (Å²) in [7, 11) is 0. The molecule has 9 heteroatoms. The van der Waals surface area contributed by atoms with Crippen LogP contribution < -0.4 is 10.6 Å². The molecule has 0 fully saturated rings. The number of nitrogens with zero attached hydrogens (tertiary/aromatic N) is 4. The van der Waals surface area contributed by atoms with E-state index in [4.69, 9.17) is 0 Å². The normalized spacial score (nSPS) is 12.3. The Morgan fingerprint density at radius 2 is 1.73 bits per heavy atom. The molecule has 0 radical (unpaired) electrons. The first-order valence-corrected chi connectivity index (χ1v) is 10.2. The molecule has 6 nitrogen and oxygen atoms in total. The van der Waals surface area contributed by atoms with Gasteiger partial charge in [-0.15, -0.1) is 0 Å². The number of rotatable bonds is 6. The van der Waals surface area contributed by atoms with Gasteiger partial charge in [-0.3, -0.25) is 4.98 Å². The lowest BCUT2D eigenvalue weighted by Crippen LogP contribution is -2.10. The van der Waals surface area contributed by atoms with Gasteiger partial charge in [-0.2, -0.15) is 13.2 Å². The molecule has 0 saturated carbocycles. The molecule has 4 aromatic rings. The average Bonchev–Trinajstić information content (AvgIpc) is 2.79. The van der Waals surface area contributed by atoms with Crippen molar-refractivity contribution in [3.8, 4) is 11.1 Å². The number of pyridine rings is 2. The molecule has 2 N–H and O–H groups in total. The van der Waals surface area contributed by atoms with Gasteiger partial charge in [0.2, 0.25) is 5.95 Å². The van der Waals surface area contributed by atoms with Crippen LogP contribution in [0.25, 0.3) is 11.1 Å². The van der Waals surface area contributed by atoms with Gasteiger partial charge in [0.25, 0.3) is 0 Å². The molecular weight excluding hydrogens is 429 g/mol. The first kappa shape index (κ1) is 22.2. The molecule has 0 aliphatic rings. The number of alkyl halides is 3. The Morgan fingerprint density at radius 1 is 0.879 bits per heavy atom. The third-order valence-corrected chi connectivity index (χ3v) is 4.87. The maximum absolute atomic E-state index is 12.9. The van der Waals surface area contributed by atoms with Crippen LogP contribution >= 0.6 is 0 Å². The number of anilines is 3. The first-order chi connectivity index (χ1) is 15.8. The average molecular weight is 450 g/mol. The van der Waals surface area contributed by atoms with Crippen LogP contribution in [0.1, 0.15) is 29.9 Å². The third-order valence-electron chi connectivity index (χ3n) is 4.87. The fourth-order valence-corrected chi connectivity index (χ4v) is 3.31. The van der Waals surface area contributed by atoms with E-state index in [1.54, 1.807) is 12.4 Å². The molecular formula is C24H21F3N6. The highest BCUT2D eigenvalue weighted by Gasteiger charge is 2.32. The van der Waals surface area contributed by atoms with Crippen molar-refractivity contribution >= 4 is 17.5 Å². The second-order valence-corrected chi connectivity index (χ2v) is 7.53. The molecule has 3 aromatic heterocycles. The van der Waals surface area contributed by atoms with E-state index in [0.29, 0.717) is 11.5 Å². The van der Waals surface area contributed by atoms with Gasteiger partial charge in [0.1, 0.15) is 11.5 Å². The summed E-state index contributed by atoms with van der Waals surface area (Å²) < 4.78 is 38.8. The molecule has 0 aliphatic heterocycles. The molecule has 0 saturated heterocycles. The number of aryl methyl sites for hydroxylation is 1. The lowest BCUT2D eigenvalue weighted by Gasteiger charge is -2.14. The quantitative estimate of drug-likeness (QED) is 0.366. The number of aromatic nitrogens is 4. The van der Waals surface area contributed by atoms with Crippen molar-refractivity contribution in [1.82, 2.24) is 19.9 Å². The Kier molecular flexibility index (Phi) is 6.21. The minimum absolute atomic E-state index is 0.00761. The van der Waals surface area contributed by atoms with E-state index in [0.717, 1.165) is 34.6 Å². The van der Waals surface area contributed by atoms with E-state index in [1.807, 2.05) is 62.4 Å². The number of hydrogen-bond acceptors (Lipinski definition) is 6. The van der Waals surface area contributed by atoms with Gasteiger partial charge < -0.3 is 10.6 Å². The van der Waals surface area contributed by atoms with Gasteiger partial charge in [-0.1, -0.05) is 12.1 Å². The fraction of sp³-hybridized carbons (Fsp3) is 0.167. The lowest BCUT2D eigenvalue weighted by atomic mass is 10.0. The standard InChI is InChI=1S/C24H21F3N6/c1-15-11-18(13-19(12-15)32-23-29-10-8-21(33-23)24(25,26)27)17-6-7-22(30-14-17)31-16(2)20-5-3-4-9-28-20/h3-14,16H,1-2H3,(H,30,31)(H,29,32,33). The van der Waals surface area contributed by atoms with Crippen LogP contribution in [0.2, 0.25) is 0 Å². The van der Waals surface area contributed by atoms with Crippen LogP contribution in [-0.2, 0) is 6.18 Å². The smallest absolute Gasteiger partial charge is 0.362 e. The summed E-state index contributed by atoms with van der Waals surface area (Å²) in [6, 6.07) is 16.0. The van der Waals surface area contributed by atoms with Crippen molar-refractivity contribution in [2.45, 2.75) is 26.1 Å². The predicted molar refractivity (Wildman–Crippen MR) is 121 cm³/mol. The molecule has 0 spiro atoms. The molecule has 3 heterocycles. The number of benzene rings is 1. The Morgan fingerprint density at radius 3 is 2.42 bits per heavy atom. The van der Waals surface area contributed by atoms with Gasteiger partial charge in [0.15, 0.2) is 0 Å². The van der Waals surface area contributed by atoms with Crippen LogP contribution in [0.5, 0.6) is 0 Å². The highest BCUT2D eigenvalue weighted by atomic mass is 19.4. The summed E-state index contributed by atoms with van der Waals surface area (Å²) >= 11 is 0. The summed E-state index contributed by atoms with van der Waals surface area (Å²) in [4.78, 5) is 16.3. The summed E-state index contributed by atoms with van der Waals surface area (Å²) in [5.74, 6) is 0.586. The number of halogens is 3. The zero-order valence-electron chi connectivity index (χ0n) is 17.9. The van der Waals surface area contributed by atoms with Crippen LogP contribution in [-0.4, -0.2) is 19.9 Å². The monoisotopic (exact) mass is 450 g/mol. The van der Waals surface area contributed by atoms with Crippen molar-refractivity contribution in [2.75, 3.05) is 10.6 Å². The Bertz CT molecular complexity index is 1230. The summed E-state index contributed by atoms with van der Waals surface area (Å²) in [5.41, 5.74) is 3.14. The van der Waals surface area contributed by atoms with Crippen LogP contribution in [0.15, 0.2) is 73.2 Å². The molecule has 1 atom stereocenters. The van der Waals surface area contributed by atoms with Crippen LogP contribution in [0, 0.1) is 6.92 Å². The third kappa shape index (κ3) is 5.62. The topological polar surface area (TPSA) is 75.6 Å². The molecule has 0 bridgehead atoms. The second-order valence-electron chi connectivity index (χ2n) is 7.53. The predicted octanol–water partition coefficient (Wildman–Crippen LogP) is 6.18. The van der Waals surface area contributed by atoms with Gasteiger partial charge >= 0.3 is 6.18 Å². The minimum atomic E-state index is -4.54. The maximum Gasteiger partial charge on any atom is 0.433 e. The number of hydrogen-bond donors (Lipinski definition) is 2. The lowest BCUT2D eigenvalue weighted by molar-refractivity contribution is -0.141. The van der Waals surface area contributed by atoms with Gasteiger partial charge in [0, 0.05) is 29.8 Å². The van der Waals surface area contributed by atoms with E-state index in [-0.39, 0.29) is 12.0 Å². The Labute approximate surface area is 189 Å². The zero-order valence-corrected chi connectivity index (χ0v) is 17.9. The van der Waals surface area contributed by atoms with E-state index in [1.165, 1.54) is 0 Å². The minimum Gasteiger partial charge on any atom is -0.362 e. The fourth-order valence-electron chi connectivity index (χ4n) is 3.31. The molecule has 168 valence electrons. The van der Waals surface area contributed by atoms with Crippen molar-refractivity contribution in [2.24, 2.45) is 0 Å². The van der Waals surface area contributed by atoms with Gasteiger partial charge in [-0.25, -0.2) is 15.0 Å². The zero-order chi connectivity index (χ0) is 23.4. The Balaban J connectivity index is 1.52. The summed E-state index contributed by atoms with van der Waals surface area (Å²) in [5, 5.41) is 6.18. The highest BCUT2D eigenvalue weighted by Crippen LogP contribution is 2.29. The summed E-state index contributed by atoms with van der Waals surface area (Å²) in [6.07, 6.45) is 0.0355. The summed E-state index contributed by atoms with van der Waals surface area (Å²) in [6.45, 7) is 3.91. The second kappa shape index (κ2) is 9.23. The highest BCUT2D eigenvalue weighted by molar-refractivity contribution is 5.71. The molecule has 33 heavy (non-hydrogen) atoms. The molecule has 1 aromatic carbocycles. The molecule has 4 rings (SSSR count). The van der Waals surface area contributed by atoms with E-state index in [9.17, 15) is 13.2 Å². The first-order valence-electron chi connectivity index (χ1n) is 10.2. The van der Waals surface area contributed by atoms with E-state index >= 15 is 0 Å². The Hall–Kier alpha value is -4.01. The number of nitrogens with one attached hydrogen (secondary N) is 2. The van der Waals surface area contributed by atoms with Crippen LogP contribution in [0.4, 0.5) is 30.6 Å². The van der Waals surface area contributed by atoms with E-state index < -0.39 is 11.9 Å². The SMILES string of the molecule is Cc1cc(Nc2nccc(C(F)(F)F)n2)cc(-c2ccc(NC(C)c3ccccn3)nc2)c1. The van der Waals surface area contributed by atoms with Crippen molar-refractivity contribution in [3.05, 3.63) is 90.1 Å². The van der Waals surface area contributed by atoms with Crippen molar-refractivity contribution < 1.29 is 13.2 Å². The van der Waals surface area contributed by atoms with Crippen LogP contribution in [0.3, 0.4) is 0 Å². The van der Waals surface area contributed by atoms with E-state index in [2.05, 4.69) is 30.6 Å². The maximum atomic E-state index is 12.9. The largest absolute Gasteiger partial charge is 0.433 e. The molecule has 1 unspecified atom stereocenters. The molecule has 0 aliphatic carbocycles. The van der Waals surface area contributed by atoms with Crippen molar-refractivity contribution in [3.63, 3.8) is 0 Å². The molecule has 0 amide bonds. The van der Waals surface area contributed by atoms with Gasteiger partial charge in [0.05, 0.1) is 11.7 Å². The van der Waals surface area contributed by atoms with Gasteiger partial charge in [-0.05, 0) is 67.4 Å². The van der Waals surface area contributed by atoms with Crippen molar-refractivity contribution in [1.29, 1.82) is 0 Å².